The third-order valence-corrected chi connectivity index (χ3v) is 23.7. The van der Waals surface area contributed by atoms with Crippen LogP contribution in [0.3, 0.4) is 0 Å². The molecule has 0 radical (unpaired) electrons. The lowest BCUT2D eigenvalue weighted by molar-refractivity contribution is 0.926. The Balaban J connectivity index is 0.000000152. The molecule has 0 amide bonds. The van der Waals surface area contributed by atoms with Gasteiger partial charge >= 0.3 is 0 Å². The summed E-state index contributed by atoms with van der Waals surface area (Å²) in [7, 11) is 0. The standard InChI is InChI=1S/2C54H42N8/c1-31-21-24-48-43(27-31)40-15-7-9-18-46(40)61(48)50-26-23-38(30-45(50)54-59-35(5)56-36(6)60-54)37-13-11-14-39(29-37)52-42(53-57-33(3)55-34(4)58-53)17-12-20-51(52)62-47-19-10-8-16-41(47)44-28-32(2)22-25-49(44)62;1-31-18-23-50-45(26-31)41-14-7-9-16-48(41)61(50)40-21-22-43(53-57-33(3)55-34(4)58-53)44(30-40)39-13-11-12-37(28-39)38-20-25-52(47(29-38)54-59-35(5)56-36(6)60-54)62-49-17-10-8-15-42(49)46-27-32(2)19-24-51(46)62/h2*7-30H,1-6H3. The van der Waals surface area contributed by atoms with E-state index < -0.39 is 0 Å². The van der Waals surface area contributed by atoms with E-state index in [2.05, 4.69) is 357 Å². The molecule has 0 bridgehead atoms. The van der Waals surface area contributed by atoms with Crippen molar-refractivity contribution in [2.24, 2.45) is 0 Å². The average Bonchev–Trinajstić information content (AvgIpc) is 1.58. The second-order valence-corrected chi connectivity index (χ2v) is 32.6. The monoisotopic (exact) mass is 1600 g/mol. The van der Waals surface area contributed by atoms with Crippen LogP contribution in [0.1, 0.15) is 68.8 Å². The van der Waals surface area contributed by atoms with Gasteiger partial charge in [-0.3, -0.25) is 0 Å². The summed E-state index contributed by atoms with van der Waals surface area (Å²) in [5, 5.41) is 9.71. The van der Waals surface area contributed by atoms with E-state index in [9.17, 15) is 0 Å². The van der Waals surface area contributed by atoms with Gasteiger partial charge in [0.1, 0.15) is 46.6 Å². The Labute approximate surface area is 716 Å². The molecular weight excluding hydrogens is 1520 g/mol. The van der Waals surface area contributed by atoms with Crippen molar-refractivity contribution < 1.29 is 0 Å². The second-order valence-electron chi connectivity index (χ2n) is 32.6. The van der Waals surface area contributed by atoms with Gasteiger partial charge in [-0.2, -0.15) is 0 Å². The minimum absolute atomic E-state index is 0.635. The number of aryl methyl sites for hydroxylation is 12. The van der Waals surface area contributed by atoms with E-state index in [1.807, 2.05) is 55.4 Å². The molecule has 0 aliphatic carbocycles. The minimum Gasteiger partial charge on any atom is -0.309 e. The summed E-state index contributed by atoms with van der Waals surface area (Å²) in [4.78, 5) is 57.5. The Kier molecular flexibility index (Phi) is 18.5. The Morgan fingerprint density at radius 2 is 0.476 bits per heavy atom. The predicted octanol–water partition coefficient (Wildman–Crippen LogP) is 25.5. The molecule has 22 aromatic rings. The molecule has 0 N–H and O–H groups in total. The number of nitrogens with zero attached hydrogens (tertiary/aromatic N) is 16. The zero-order chi connectivity index (χ0) is 84.4. The van der Waals surface area contributed by atoms with Crippen LogP contribution in [0, 0.1) is 83.1 Å². The van der Waals surface area contributed by atoms with Crippen LogP contribution in [0.15, 0.2) is 291 Å². The lowest BCUT2D eigenvalue weighted by Crippen LogP contribution is -2.04. The first-order valence-corrected chi connectivity index (χ1v) is 41.9. The lowest BCUT2D eigenvalue weighted by Gasteiger charge is -2.19. The van der Waals surface area contributed by atoms with E-state index in [1.54, 1.807) is 0 Å². The number of benzene rings is 14. The molecule has 16 nitrogen and oxygen atoms in total. The zero-order valence-corrected chi connectivity index (χ0v) is 70.9. The van der Waals surface area contributed by atoms with Crippen LogP contribution in [-0.4, -0.2) is 78.1 Å². The van der Waals surface area contributed by atoms with E-state index >= 15 is 0 Å². The van der Waals surface area contributed by atoms with Gasteiger partial charge in [-0.25, -0.2) is 59.8 Å². The largest absolute Gasteiger partial charge is 0.309 e. The third-order valence-electron chi connectivity index (χ3n) is 23.7. The van der Waals surface area contributed by atoms with Crippen LogP contribution in [0.5, 0.6) is 0 Å². The van der Waals surface area contributed by atoms with Crippen molar-refractivity contribution in [3.05, 3.63) is 360 Å². The molecule has 0 fully saturated rings. The SMILES string of the molecule is Cc1ccc2c(c1)c1ccccc1n2-c1ccc(-c2cccc(-c3c(-c4nc(C)nc(C)n4)cccc3-n3c4ccccc4c4cc(C)ccc43)c2)cc1-c1nc(C)nc(C)n1.Cc1ccc2c(c1)c1ccccc1n2-c1ccc(-c2nc(C)nc(C)n2)c(-c2cccc(-c3ccc(-n4c5ccccc5c5cc(C)ccc54)c(-c4nc(C)nc(C)n4)c3)c2)c1. The first-order valence-electron chi connectivity index (χ1n) is 41.9. The zero-order valence-electron chi connectivity index (χ0n) is 70.9. The molecule has 124 heavy (non-hydrogen) atoms. The van der Waals surface area contributed by atoms with Crippen LogP contribution >= 0.6 is 0 Å². The van der Waals surface area contributed by atoms with Crippen LogP contribution in [0.2, 0.25) is 0 Å². The maximum atomic E-state index is 4.95. The fourth-order valence-electron chi connectivity index (χ4n) is 18.6. The highest BCUT2D eigenvalue weighted by atomic mass is 15.1. The minimum atomic E-state index is 0.635. The maximum Gasteiger partial charge on any atom is 0.165 e. The average molecular weight is 1610 g/mol. The molecular formula is C108H84N16. The molecule has 22 rings (SSSR count). The van der Waals surface area contributed by atoms with Crippen LogP contribution in [0.4, 0.5) is 0 Å². The highest BCUT2D eigenvalue weighted by Gasteiger charge is 2.27. The van der Waals surface area contributed by atoms with Gasteiger partial charge in [-0.15, -0.1) is 0 Å². The quantitative estimate of drug-likeness (QED) is 0.113. The number of para-hydroxylation sites is 4. The second kappa shape index (κ2) is 30.2. The molecule has 14 aromatic carbocycles. The summed E-state index contributed by atoms with van der Waals surface area (Å²) in [5.41, 5.74) is 30.1. The van der Waals surface area contributed by atoms with E-state index in [0.29, 0.717) is 69.9 Å². The van der Waals surface area contributed by atoms with E-state index in [4.69, 9.17) is 39.9 Å². The number of hydrogen-bond acceptors (Lipinski definition) is 12. The van der Waals surface area contributed by atoms with E-state index in [-0.39, 0.29) is 0 Å². The Morgan fingerprint density at radius 3 is 0.879 bits per heavy atom. The van der Waals surface area contributed by atoms with Gasteiger partial charge in [-0.05, 0) is 255 Å². The molecule has 8 heterocycles. The van der Waals surface area contributed by atoms with E-state index in [1.165, 1.54) is 65.3 Å². The van der Waals surface area contributed by atoms with Crippen LogP contribution < -0.4 is 0 Å². The van der Waals surface area contributed by atoms with Crippen molar-refractivity contribution in [1.82, 2.24) is 78.1 Å². The molecule has 0 spiro atoms. The molecule has 0 aliphatic rings. The molecule has 8 aromatic heterocycles. The van der Waals surface area contributed by atoms with Crippen molar-refractivity contribution >= 4 is 87.2 Å². The van der Waals surface area contributed by atoms with Gasteiger partial charge in [0.2, 0.25) is 0 Å². The van der Waals surface area contributed by atoms with Gasteiger partial charge in [0, 0.05) is 76.6 Å². The Morgan fingerprint density at radius 1 is 0.169 bits per heavy atom. The van der Waals surface area contributed by atoms with Gasteiger partial charge < -0.3 is 18.3 Å². The molecule has 0 atom stereocenters. The predicted molar refractivity (Wildman–Crippen MR) is 504 cm³/mol. The van der Waals surface area contributed by atoms with Crippen molar-refractivity contribution in [2.45, 2.75) is 83.1 Å². The lowest BCUT2D eigenvalue weighted by atomic mass is 9.93. The topological polar surface area (TPSA) is 174 Å². The fourth-order valence-corrected chi connectivity index (χ4v) is 18.6. The van der Waals surface area contributed by atoms with Crippen LogP contribution in [-0.2, 0) is 0 Å². The fraction of sp³-hybridized carbons (Fsp3) is 0.111. The van der Waals surface area contributed by atoms with Gasteiger partial charge in [-0.1, -0.05) is 180 Å². The molecule has 596 valence electrons. The van der Waals surface area contributed by atoms with Crippen LogP contribution in [0.25, 0.3) is 200 Å². The smallest absolute Gasteiger partial charge is 0.165 e. The van der Waals surface area contributed by atoms with Crippen molar-refractivity contribution in [1.29, 1.82) is 0 Å². The number of hydrogen-bond donors (Lipinski definition) is 0. The van der Waals surface area contributed by atoms with Gasteiger partial charge in [0.15, 0.2) is 23.3 Å². The number of fused-ring (bicyclic) bond motifs is 12. The maximum absolute atomic E-state index is 4.95. The molecule has 16 heteroatoms. The first kappa shape index (κ1) is 75.8. The molecule has 0 saturated heterocycles. The van der Waals surface area contributed by atoms with Crippen molar-refractivity contribution in [2.75, 3.05) is 0 Å². The summed E-state index contributed by atoms with van der Waals surface area (Å²) < 4.78 is 9.45. The highest BCUT2D eigenvalue weighted by Crippen LogP contribution is 2.46. The molecule has 0 saturated carbocycles. The highest BCUT2D eigenvalue weighted by molar-refractivity contribution is 6.14. The van der Waals surface area contributed by atoms with E-state index in [0.717, 1.165) is 134 Å². The third kappa shape index (κ3) is 13.3. The normalized spacial score (nSPS) is 11.7. The van der Waals surface area contributed by atoms with Crippen molar-refractivity contribution in [3.63, 3.8) is 0 Å². The summed E-state index contributed by atoms with van der Waals surface area (Å²) >= 11 is 0. The summed E-state index contributed by atoms with van der Waals surface area (Å²) in [6.45, 7) is 24.0. The van der Waals surface area contributed by atoms with Crippen molar-refractivity contribution in [3.8, 4) is 113 Å². The Bertz CT molecular complexity index is 8100. The molecule has 0 aliphatic heterocycles. The molecule has 0 unspecified atom stereocenters. The summed E-state index contributed by atoms with van der Waals surface area (Å²) in [6, 6.07) is 105. The summed E-state index contributed by atoms with van der Waals surface area (Å²) in [6.07, 6.45) is 0. The summed E-state index contributed by atoms with van der Waals surface area (Å²) in [5.74, 6) is 8.00. The van der Waals surface area contributed by atoms with Gasteiger partial charge in [0.05, 0.1) is 61.2 Å². The Hall–Kier alpha value is -15.7. The first-order chi connectivity index (χ1) is 60.3. The van der Waals surface area contributed by atoms with Gasteiger partial charge in [0.25, 0.3) is 0 Å². The number of rotatable bonds is 12. The number of aromatic nitrogens is 16.